The highest BCUT2D eigenvalue weighted by Crippen LogP contribution is 2.38. The molecule has 33 heavy (non-hydrogen) atoms. The lowest BCUT2D eigenvalue weighted by Gasteiger charge is -2.27. The number of hydrogen-bond acceptors (Lipinski definition) is 4. The molecule has 0 aliphatic carbocycles. The SMILES string of the molecule is CCC(CC)(c1nc2ccc(-c3ncc[nH]3)cc2[nH]1)c1nc2ccc(-c3ncc[nH]3)cc2[nH]1. The van der Waals surface area contributed by atoms with Crippen LogP contribution < -0.4 is 0 Å². The lowest BCUT2D eigenvalue weighted by Crippen LogP contribution is -2.29. The molecule has 0 radical (unpaired) electrons. The Kier molecular flexibility index (Phi) is 4.39. The number of nitrogens with zero attached hydrogens (tertiary/aromatic N) is 4. The Balaban J connectivity index is 1.45. The molecule has 0 aliphatic rings. The molecule has 164 valence electrons. The predicted octanol–water partition coefficient (Wildman–Crippen LogP) is 5.33. The zero-order valence-electron chi connectivity index (χ0n) is 18.5. The first-order valence-corrected chi connectivity index (χ1v) is 11.2. The minimum Gasteiger partial charge on any atom is -0.345 e. The van der Waals surface area contributed by atoms with Crippen LogP contribution in [0.3, 0.4) is 0 Å². The number of imidazole rings is 4. The molecule has 0 fully saturated rings. The zero-order chi connectivity index (χ0) is 22.4. The summed E-state index contributed by atoms with van der Waals surface area (Å²) in [5, 5.41) is 0. The molecule has 0 atom stereocenters. The Morgan fingerprint density at radius 2 is 1.18 bits per heavy atom. The second kappa shape index (κ2) is 7.44. The van der Waals surface area contributed by atoms with E-state index >= 15 is 0 Å². The molecular weight excluding hydrogens is 412 g/mol. The van der Waals surface area contributed by atoms with Crippen molar-refractivity contribution < 1.29 is 0 Å². The van der Waals surface area contributed by atoms with Crippen molar-refractivity contribution in [2.45, 2.75) is 32.1 Å². The lowest BCUT2D eigenvalue weighted by molar-refractivity contribution is 0.432. The molecule has 0 bridgehead atoms. The fourth-order valence-corrected chi connectivity index (χ4v) is 4.65. The normalized spacial score (nSPS) is 12.2. The van der Waals surface area contributed by atoms with Gasteiger partial charge in [0.15, 0.2) is 0 Å². The number of rotatable bonds is 6. The second-order valence-corrected chi connectivity index (χ2v) is 8.30. The number of H-pyrrole nitrogens is 4. The van der Waals surface area contributed by atoms with Gasteiger partial charge in [0.05, 0.1) is 27.5 Å². The van der Waals surface area contributed by atoms with E-state index in [1.54, 1.807) is 12.4 Å². The number of fused-ring (bicyclic) bond motifs is 2. The molecule has 0 amide bonds. The molecule has 4 N–H and O–H groups in total. The van der Waals surface area contributed by atoms with Gasteiger partial charge in [-0.3, -0.25) is 0 Å². The molecule has 0 spiro atoms. The van der Waals surface area contributed by atoms with Crippen molar-refractivity contribution in [1.29, 1.82) is 0 Å². The van der Waals surface area contributed by atoms with Crippen LogP contribution in [-0.2, 0) is 5.41 Å². The van der Waals surface area contributed by atoms with Gasteiger partial charge in [0, 0.05) is 35.9 Å². The molecule has 0 unspecified atom stereocenters. The quantitative estimate of drug-likeness (QED) is 0.283. The van der Waals surface area contributed by atoms with Crippen molar-refractivity contribution in [3.8, 4) is 22.8 Å². The summed E-state index contributed by atoms with van der Waals surface area (Å²) in [7, 11) is 0. The van der Waals surface area contributed by atoms with Gasteiger partial charge in [-0.15, -0.1) is 0 Å². The van der Waals surface area contributed by atoms with Crippen LogP contribution in [0.1, 0.15) is 38.3 Å². The van der Waals surface area contributed by atoms with Crippen LogP contribution in [0.4, 0.5) is 0 Å². The van der Waals surface area contributed by atoms with Gasteiger partial charge in [0.2, 0.25) is 0 Å². The highest BCUT2D eigenvalue weighted by molar-refractivity contribution is 5.82. The molecule has 0 saturated heterocycles. The Morgan fingerprint density at radius 3 is 1.58 bits per heavy atom. The van der Waals surface area contributed by atoms with E-state index in [4.69, 9.17) is 9.97 Å². The second-order valence-electron chi connectivity index (χ2n) is 8.30. The van der Waals surface area contributed by atoms with E-state index in [1.807, 2.05) is 36.7 Å². The Bertz CT molecular complexity index is 1420. The molecule has 2 aromatic carbocycles. The summed E-state index contributed by atoms with van der Waals surface area (Å²) in [6.45, 7) is 4.37. The lowest BCUT2D eigenvalue weighted by atomic mass is 9.80. The van der Waals surface area contributed by atoms with Gasteiger partial charge in [-0.25, -0.2) is 19.9 Å². The molecule has 6 aromatic rings. The van der Waals surface area contributed by atoms with Gasteiger partial charge in [-0.1, -0.05) is 13.8 Å². The van der Waals surface area contributed by atoms with E-state index in [-0.39, 0.29) is 5.41 Å². The maximum absolute atomic E-state index is 4.99. The fraction of sp³-hybridized carbons (Fsp3) is 0.200. The van der Waals surface area contributed by atoms with Crippen LogP contribution in [-0.4, -0.2) is 39.9 Å². The van der Waals surface area contributed by atoms with E-state index in [9.17, 15) is 0 Å². The highest BCUT2D eigenvalue weighted by atomic mass is 15.0. The van der Waals surface area contributed by atoms with E-state index in [0.29, 0.717) is 0 Å². The van der Waals surface area contributed by atoms with Crippen LogP contribution in [0.5, 0.6) is 0 Å². The van der Waals surface area contributed by atoms with Gasteiger partial charge < -0.3 is 19.9 Å². The first-order valence-electron chi connectivity index (χ1n) is 11.2. The summed E-state index contributed by atoms with van der Waals surface area (Å²) >= 11 is 0. The van der Waals surface area contributed by atoms with Gasteiger partial charge in [-0.05, 0) is 49.2 Å². The smallest absolute Gasteiger partial charge is 0.137 e. The summed E-state index contributed by atoms with van der Waals surface area (Å²) in [4.78, 5) is 32.2. The Hall–Kier alpha value is -4.20. The van der Waals surface area contributed by atoms with Crippen LogP contribution in [0.25, 0.3) is 44.8 Å². The van der Waals surface area contributed by atoms with E-state index < -0.39 is 0 Å². The number of nitrogens with one attached hydrogen (secondary N) is 4. The van der Waals surface area contributed by atoms with Crippen LogP contribution in [0, 0.1) is 0 Å². The van der Waals surface area contributed by atoms with Gasteiger partial charge in [0.25, 0.3) is 0 Å². The first kappa shape index (κ1) is 19.5. The summed E-state index contributed by atoms with van der Waals surface area (Å²) in [5.41, 5.74) is 5.53. The molecule has 4 aromatic heterocycles. The van der Waals surface area contributed by atoms with Crippen LogP contribution in [0.15, 0.2) is 61.2 Å². The molecule has 0 saturated carbocycles. The molecule has 0 aliphatic heterocycles. The molecular formula is C25H24N8. The third kappa shape index (κ3) is 3.06. The molecule has 8 nitrogen and oxygen atoms in total. The van der Waals surface area contributed by atoms with Crippen molar-refractivity contribution >= 4 is 22.1 Å². The number of aromatic amines is 4. The van der Waals surface area contributed by atoms with Crippen LogP contribution >= 0.6 is 0 Å². The molecule has 8 heteroatoms. The monoisotopic (exact) mass is 436 g/mol. The van der Waals surface area contributed by atoms with Gasteiger partial charge in [-0.2, -0.15) is 0 Å². The average Bonchev–Trinajstić information content (AvgIpc) is 3.65. The van der Waals surface area contributed by atoms with E-state index in [1.165, 1.54) is 0 Å². The number of benzene rings is 2. The topological polar surface area (TPSA) is 115 Å². The summed E-state index contributed by atoms with van der Waals surface area (Å²) in [6, 6.07) is 12.4. The van der Waals surface area contributed by atoms with Crippen molar-refractivity contribution in [3.05, 3.63) is 72.8 Å². The summed E-state index contributed by atoms with van der Waals surface area (Å²) in [5.74, 6) is 3.53. The zero-order valence-corrected chi connectivity index (χ0v) is 18.5. The molecule has 4 heterocycles. The van der Waals surface area contributed by atoms with Gasteiger partial charge in [0.1, 0.15) is 23.3 Å². The third-order valence-corrected chi connectivity index (χ3v) is 6.62. The highest BCUT2D eigenvalue weighted by Gasteiger charge is 2.37. The number of aromatic nitrogens is 8. The minimum absolute atomic E-state index is 0.353. The summed E-state index contributed by atoms with van der Waals surface area (Å²) in [6.07, 6.45) is 8.90. The Labute approximate surface area is 190 Å². The van der Waals surface area contributed by atoms with E-state index in [2.05, 4.69) is 55.9 Å². The van der Waals surface area contributed by atoms with E-state index in [0.717, 1.165) is 69.3 Å². The largest absolute Gasteiger partial charge is 0.345 e. The fourth-order valence-electron chi connectivity index (χ4n) is 4.65. The maximum atomic E-state index is 4.99. The summed E-state index contributed by atoms with van der Waals surface area (Å²) < 4.78 is 0. The van der Waals surface area contributed by atoms with Crippen LogP contribution in [0.2, 0.25) is 0 Å². The minimum atomic E-state index is -0.353. The Morgan fingerprint density at radius 1 is 0.697 bits per heavy atom. The van der Waals surface area contributed by atoms with Crippen molar-refractivity contribution in [3.63, 3.8) is 0 Å². The van der Waals surface area contributed by atoms with Gasteiger partial charge >= 0.3 is 0 Å². The van der Waals surface area contributed by atoms with Crippen molar-refractivity contribution in [2.24, 2.45) is 0 Å². The predicted molar refractivity (Wildman–Crippen MR) is 129 cm³/mol. The standard InChI is InChI=1S/C25H24N8/c1-3-25(4-2,23-30-17-7-5-15(13-19(17)32-23)21-26-9-10-27-21)24-31-18-8-6-16(14-20(18)33-24)22-28-11-12-29-22/h5-14H,3-4H2,1-2H3,(H,26,27)(H,28,29)(H,30,32)(H,31,33). The maximum Gasteiger partial charge on any atom is 0.137 e. The first-order chi connectivity index (χ1) is 16.2. The molecule has 6 rings (SSSR count). The van der Waals surface area contributed by atoms with Crippen molar-refractivity contribution in [2.75, 3.05) is 0 Å². The number of hydrogen-bond donors (Lipinski definition) is 4. The van der Waals surface area contributed by atoms with Crippen molar-refractivity contribution in [1.82, 2.24) is 39.9 Å². The average molecular weight is 437 g/mol. The third-order valence-electron chi connectivity index (χ3n) is 6.62.